The fourth-order valence-electron chi connectivity index (χ4n) is 3.00. The van der Waals surface area contributed by atoms with Crippen LogP contribution in [0, 0.1) is 13.8 Å². The summed E-state index contributed by atoms with van der Waals surface area (Å²) in [6.07, 6.45) is 3.32. The summed E-state index contributed by atoms with van der Waals surface area (Å²) in [5.74, 6) is 1.55. The van der Waals surface area contributed by atoms with Gasteiger partial charge in [0.15, 0.2) is 11.5 Å². The molecule has 0 saturated carbocycles. The second kappa shape index (κ2) is 10.2. The Bertz CT molecular complexity index is 1030. The Morgan fingerprint density at radius 2 is 1.84 bits per heavy atom. The van der Waals surface area contributed by atoms with Gasteiger partial charge in [-0.05, 0) is 66.6 Å². The third-order valence-electron chi connectivity index (χ3n) is 4.63. The number of aryl methyl sites for hydroxylation is 2. The van der Waals surface area contributed by atoms with Gasteiger partial charge in [0, 0.05) is 0 Å². The Morgan fingerprint density at radius 1 is 1.03 bits per heavy atom. The normalized spacial score (nSPS) is 14.8. The van der Waals surface area contributed by atoms with Crippen LogP contribution in [0.3, 0.4) is 0 Å². The third kappa shape index (κ3) is 5.49. The summed E-state index contributed by atoms with van der Waals surface area (Å²) in [6, 6.07) is 11.3. The minimum absolute atomic E-state index is 0.188. The topological polar surface area (TPSA) is 65.1 Å². The maximum Gasteiger partial charge on any atom is 0.293 e. The SMILES string of the molecule is C=CCOc1ccc(/C=C2\SC(=O)N(CCOc3cc(C)ccc3C)C2=O)cc1OC. The Labute approximate surface area is 186 Å². The number of imide groups is 1. The van der Waals surface area contributed by atoms with Gasteiger partial charge in [0.1, 0.15) is 19.0 Å². The highest BCUT2D eigenvalue weighted by Crippen LogP contribution is 2.34. The quantitative estimate of drug-likeness (QED) is 0.405. The Kier molecular flexibility index (Phi) is 7.41. The lowest BCUT2D eigenvalue weighted by atomic mass is 10.1. The fraction of sp³-hybridized carbons (Fsp3) is 0.250. The molecule has 0 bridgehead atoms. The summed E-state index contributed by atoms with van der Waals surface area (Å²) < 4.78 is 16.7. The van der Waals surface area contributed by atoms with Crippen LogP contribution in [-0.4, -0.2) is 42.9 Å². The first-order valence-corrected chi connectivity index (χ1v) is 10.6. The van der Waals surface area contributed by atoms with Gasteiger partial charge in [-0.3, -0.25) is 14.5 Å². The van der Waals surface area contributed by atoms with E-state index < -0.39 is 0 Å². The van der Waals surface area contributed by atoms with Crippen LogP contribution in [-0.2, 0) is 4.79 Å². The van der Waals surface area contributed by atoms with Crippen LogP contribution in [0.4, 0.5) is 4.79 Å². The number of hydrogen-bond donors (Lipinski definition) is 0. The van der Waals surface area contributed by atoms with Crippen molar-refractivity contribution < 1.29 is 23.8 Å². The lowest BCUT2D eigenvalue weighted by Gasteiger charge is -2.14. The fourth-order valence-corrected chi connectivity index (χ4v) is 3.86. The van der Waals surface area contributed by atoms with Crippen LogP contribution in [0.2, 0.25) is 0 Å². The largest absolute Gasteiger partial charge is 0.493 e. The number of nitrogens with zero attached hydrogens (tertiary/aromatic N) is 1. The number of thioether (sulfide) groups is 1. The maximum absolute atomic E-state index is 12.7. The highest BCUT2D eigenvalue weighted by atomic mass is 32.2. The molecule has 0 unspecified atom stereocenters. The predicted molar refractivity (Wildman–Crippen MR) is 123 cm³/mol. The smallest absolute Gasteiger partial charge is 0.293 e. The summed E-state index contributed by atoms with van der Waals surface area (Å²) >= 11 is 0.918. The molecule has 0 aliphatic carbocycles. The monoisotopic (exact) mass is 439 g/mol. The summed E-state index contributed by atoms with van der Waals surface area (Å²) in [5, 5.41) is -0.307. The first-order chi connectivity index (χ1) is 14.9. The van der Waals surface area contributed by atoms with E-state index in [1.807, 2.05) is 32.0 Å². The molecule has 3 rings (SSSR count). The van der Waals surface area contributed by atoms with Crippen molar-refractivity contribution >= 4 is 29.0 Å². The second-order valence-electron chi connectivity index (χ2n) is 6.96. The zero-order valence-corrected chi connectivity index (χ0v) is 18.7. The van der Waals surface area contributed by atoms with Crippen LogP contribution in [0.15, 0.2) is 54.0 Å². The molecule has 6 nitrogen and oxygen atoms in total. The van der Waals surface area contributed by atoms with Crippen molar-refractivity contribution in [2.45, 2.75) is 13.8 Å². The average molecular weight is 440 g/mol. The van der Waals surface area contributed by atoms with E-state index in [-0.39, 0.29) is 24.3 Å². The van der Waals surface area contributed by atoms with Crippen molar-refractivity contribution in [2.75, 3.05) is 26.9 Å². The molecular weight excluding hydrogens is 414 g/mol. The molecule has 2 aromatic rings. The lowest BCUT2D eigenvalue weighted by Crippen LogP contribution is -2.32. The molecule has 1 aliphatic heterocycles. The van der Waals surface area contributed by atoms with Gasteiger partial charge in [-0.1, -0.05) is 30.9 Å². The van der Waals surface area contributed by atoms with Gasteiger partial charge < -0.3 is 14.2 Å². The molecule has 0 aromatic heterocycles. The number of methoxy groups -OCH3 is 1. The molecule has 162 valence electrons. The van der Waals surface area contributed by atoms with E-state index in [1.54, 1.807) is 37.5 Å². The highest BCUT2D eigenvalue weighted by molar-refractivity contribution is 8.18. The Hall–Kier alpha value is -3.19. The minimum atomic E-state index is -0.328. The standard InChI is InChI=1S/C24H25NO5S/c1-5-11-29-19-9-8-18(14-21(19)28-4)15-22-23(26)25(24(27)31-22)10-12-30-20-13-16(2)6-7-17(20)3/h5-9,13-15H,1,10-12H2,2-4H3/b22-15-. The molecule has 0 spiro atoms. The number of carbonyl (C=O) groups is 2. The zero-order chi connectivity index (χ0) is 22.4. The van der Waals surface area contributed by atoms with Gasteiger partial charge >= 0.3 is 0 Å². The molecule has 1 heterocycles. The molecule has 1 aliphatic rings. The third-order valence-corrected chi connectivity index (χ3v) is 5.54. The first kappa shape index (κ1) is 22.5. The average Bonchev–Trinajstić information content (AvgIpc) is 3.02. The van der Waals surface area contributed by atoms with Crippen LogP contribution >= 0.6 is 11.8 Å². The van der Waals surface area contributed by atoms with Crippen molar-refractivity contribution in [3.63, 3.8) is 0 Å². The number of hydrogen-bond acceptors (Lipinski definition) is 6. The second-order valence-corrected chi connectivity index (χ2v) is 7.95. The van der Waals surface area contributed by atoms with Gasteiger partial charge in [-0.15, -0.1) is 0 Å². The molecular formula is C24H25NO5S. The van der Waals surface area contributed by atoms with Gasteiger partial charge in [-0.25, -0.2) is 0 Å². The molecule has 1 saturated heterocycles. The summed E-state index contributed by atoms with van der Waals surface area (Å²) in [5.41, 5.74) is 2.83. The van der Waals surface area contributed by atoms with Crippen molar-refractivity contribution in [2.24, 2.45) is 0 Å². The highest BCUT2D eigenvalue weighted by Gasteiger charge is 2.34. The van der Waals surface area contributed by atoms with Crippen molar-refractivity contribution in [3.05, 3.63) is 70.6 Å². The van der Waals surface area contributed by atoms with E-state index in [2.05, 4.69) is 6.58 Å². The summed E-state index contributed by atoms with van der Waals surface area (Å²) in [6.45, 7) is 8.35. The van der Waals surface area contributed by atoms with Gasteiger partial charge in [0.25, 0.3) is 11.1 Å². The van der Waals surface area contributed by atoms with Crippen LogP contribution in [0.25, 0.3) is 6.08 Å². The predicted octanol–water partition coefficient (Wildman–Crippen LogP) is 4.99. The lowest BCUT2D eigenvalue weighted by molar-refractivity contribution is -0.123. The van der Waals surface area contributed by atoms with Gasteiger partial charge in [0.2, 0.25) is 0 Å². The molecule has 2 amide bonds. The zero-order valence-electron chi connectivity index (χ0n) is 17.8. The van der Waals surface area contributed by atoms with Crippen LogP contribution in [0.5, 0.6) is 17.2 Å². The molecule has 0 radical (unpaired) electrons. The molecule has 2 aromatic carbocycles. The molecule has 31 heavy (non-hydrogen) atoms. The van der Waals surface area contributed by atoms with Crippen LogP contribution < -0.4 is 14.2 Å². The van der Waals surface area contributed by atoms with Crippen LogP contribution in [0.1, 0.15) is 16.7 Å². The molecule has 1 fully saturated rings. The van der Waals surface area contributed by atoms with E-state index in [9.17, 15) is 9.59 Å². The Balaban J connectivity index is 1.67. The molecule has 0 N–H and O–H groups in total. The molecule has 0 atom stereocenters. The van der Waals surface area contributed by atoms with Crippen molar-refractivity contribution in [1.82, 2.24) is 4.90 Å². The van der Waals surface area contributed by atoms with E-state index in [0.717, 1.165) is 34.2 Å². The number of ether oxygens (including phenoxy) is 3. The van der Waals surface area contributed by atoms with E-state index >= 15 is 0 Å². The number of carbonyl (C=O) groups excluding carboxylic acids is 2. The summed E-state index contributed by atoms with van der Waals surface area (Å²) in [7, 11) is 1.55. The summed E-state index contributed by atoms with van der Waals surface area (Å²) in [4.78, 5) is 26.7. The first-order valence-electron chi connectivity index (χ1n) is 9.80. The van der Waals surface area contributed by atoms with E-state index in [4.69, 9.17) is 14.2 Å². The van der Waals surface area contributed by atoms with E-state index in [0.29, 0.717) is 23.0 Å². The minimum Gasteiger partial charge on any atom is -0.493 e. The van der Waals surface area contributed by atoms with Gasteiger partial charge in [0.05, 0.1) is 18.6 Å². The number of amides is 2. The maximum atomic E-state index is 12.7. The van der Waals surface area contributed by atoms with Crippen molar-refractivity contribution in [3.8, 4) is 17.2 Å². The Morgan fingerprint density at radius 3 is 2.58 bits per heavy atom. The van der Waals surface area contributed by atoms with Gasteiger partial charge in [-0.2, -0.15) is 0 Å². The molecule has 7 heteroatoms. The van der Waals surface area contributed by atoms with Crippen molar-refractivity contribution in [1.29, 1.82) is 0 Å². The number of benzene rings is 2. The van der Waals surface area contributed by atoms with E-state index in [1.165, 1.54) is 4.90 Å². The number of rotatable bonds is 9.